The van der Waals surface area contributed by atoms with Crippen LogP contribution in [0, 0.1) is 11.8 Å². The van der Waals surface area contributed by atoms with E-state index in [0.29, 0.717) is 23.9 Å². The molecule has 2 N–H and O–H groups in total. The third kappa shape index (κ3) is 2.18. The van der Waals surface area contributed by atoms with Crippen LogP contribution in [0.3, 0.4) is 0 Å². The van der Waals surface area contributed by atoms with E-state index in [2.05, 4.69) is 24.5 Å². The summed E-state index contributed by atoms with van der Waals surface area (Å²) in [5.74, 6) is 1.06. The number of nitrogens with one attached hydrogen (secondary N) is 2. The molecule has 3 rings (SSSR count). The average Bonchev–Trinajstić information content (AvgIpc) is 2.29. The molecule has 7 atom stereocenters. The molecule has 3 aliphatic rings. The maximum atomic E-state index is 12.2. The smallest absolute Gasteiger partial charge is 0.159 e. The van der Waals surface area contributed by atoms with Crippen LogP contribution in [0.15, 0.2) is 0 Å². The first-order valence-electron chi connectivity index (χ1n) is 6.69. The van der Waals surface area contributed by atoms with Gasteiger partial charge in [0.05, 0.1) is 11.4 Å². The Morgan fingerprint density at radius 1 is 1.06 bits per heavy atom. The lowest BCUT2D eigenvalue weighted by Gasteiger charge is -2.48. The van der Waals surface area contributed by atoms with Crippen molar-refractivity contribution in [3.8, 4) is 0 Å². The fourth-order valence-electron chi connectivity index (χ4n) is 3.53. The molecule has 5 heteroatoms. The Labute approximate surface area is 106 Å². The summed E-state index contributed by atoms with van der Waals surface area (Å²) in [7, 11) is 0. The fourth-order valence-corrected chi connectivity index (χ4v) is 5.17. The highest BCUT2D eigenvalue weighted by Gasteiger charge is 2.48. The van der Waals surface area contributed by atoms with Gasteiger partial charge in [-0.05, 0) is 39.2 Å². The number of hydrogen-bond donors (Lipinski definition) is 2. The van der Waals surface area contributed by atoms with Crippen molar-refractivity contribution in [1.29, 1.82) is 0 Å². The van der Waals surface area contributed by atoms with Gasteiger partial charge in [-0.2, -0.15) is 0 Å². The van der Waals surface area contributed by atoms with E-state index < -0.39 is 11.1 Å². The first-order chi connectivity index (χ1) is 8.15. The summed E-state index contributed by atoms with van der Waals surface area (Å²) < 4.78 is 18.0. The molecule has 0 amide bonds. The highest BCUT2D eigenvalue weighted by atomic mass is 32.2. The zero-order valence-electron chi connectivity index (χ0n) is 10.5. The molecule has 3 aliphatic heterocycles. The molecule has 0 aromatic heterocycles. The standard InChI is InChI=1S/C12H22N2O2S/c1-7-3-11-9(5-13-7)10-6-14-8(2)4-12(10)17(15)16-11/h7-14H,3-6H2,1-2H3. The van der Waals surface area contributed by atoms with Crippen molar-refractivity contribution in [2.45, 2.75) is 50.1 Å². The van der Waals surface area contributed by atoms with Gasteiger partial charge in [0.15, 0.2) is 11.1 Å². The van der Waals surface area contributed by atoms with Crippen LogP contribution < -0.4 is 10.6 Å². The number of fused-ring (bicyclic) bond motifs is 3. The zero-order valence-corrected chi connectivity index (χ0v) is 11.3. The van der Waals surface area contributed by atoms with Gasteiger partial charge in [0.2, 0.25) is 0 Å². The summed E-state index contributed by atoms with van der Waals surface area (Å²) >= 11 is -1.08. The minimum atomic E-state index is -1.08. The van der Waals surface area contributed by atoms with Crippen molar-refractivity contribution in [3.63, 3.8) is 0 Å². The molecule has 3 saturated heterocycles. The second kappa shape index (κ2) is 4.61. The molecule has 0 aromatic rings. The van der Waals surface area contributed by atoms with E-state index in [0.717, 1.165) is 25.9 Å². The Bertz CT molecular complexity index is 326. The van der Waals surface area contributed by atoms with E-state index in [1.54, 1.807) is 0 Å². The number of rotatable bonds is 0. The molecular formula is C12H22N2O2S. The summed E-state index contributed by atoms with van der Waals surface area (Å²) in [5.41, 5.74) is 0. The zero-order chi connectivity index (χ0) is 12.0. The van der Waals surface area contributed by atoms with Crippen LogP contribution >= 0.6 is 0 Å². The highest BCUT2D eigenvalue weighted by Crippen LogP contribution is 2.38. The third-order valence-electron chi connectivity index (χ3n) is 4.55. The summed E-state index contributed by atoms with van der Waals surface area (Å²) in [6.45, 7) is 6.36. The van der Waals surface area contributed by atoms with Crippen LogP contribution in [0.4, 0.5) is 0 Å². The SMILES string of the molecule is CC1CC2OS(=O)C3CC(C)NCC3C2CN1. The predicted octanol–water partition coefficient (Wildman–Crippen LogP) is 0.414. The van der Waals surface area contributed by atoms with E-state index in [9.17, 15) is 4.21 Å². The normalized spacial score (nSPS) is 54.8. The van der Waals surface area contributed by atoms with Crippen molar-refractivity contribution >= 4 is 11.1 Å². The maximum Gasteiger partial charge on any atom is 0.159 e. The molecule has 0 radical (unpaired) electrons. The molecule has 98 valence electrons. The molecule has 0 saturated carbocycles. The number of hydrogen-bond acceptors (Lipinski definition) is 4. The topological polar surface area (TPSA) is 50.4 Å². The van der Waals surface area contributed by atoms with E-state index in [-0.39, 0.29) is 11.4 Å². The van der Waals surface area contributed by atoms with Crippen molar-refractivity contribution < 1.29 is 8.39 Å². The van der Waals surface area contributed by atoms with E-state index in [1.807, 2.05) is 0 Å². The molecule has 0 bridgehead atoms. The Morgan fingerprint density at radius 3 is 2.47 bits per heavy atom. The first-order valence-corrected chi connectivity index (χ1v) is 7.83. The summed E-state index contributed by atoms with van der Waals surface area (Å²) in [4.78, 5) is 0. The van der Waals surface area contributed by atoms with Crippen molar-refractivity contribution in [2.75, 3.05) is 13.1 Å². The molecule has 0 aliphatic carbocycles. The van der Waals surface area contributed by atoms with Gasteiger partial charge in [-0.3, -0.25) is 4.18 Å². The molecule has 3 heterocycles. The Morgan fingerprint density at radius 2 is 1.71 bits per heavy atom. The second-order valence-corrected chi connectivity index (χ2v) is 7.17. The summed E-state index contributed by atoms with van der Waals surface area (Å²) in [6, 6.07) is 0.955. The van der Waals surface area contributed by atoms with Crippen LogP contribution in [0.25, 0.3) is 0 Å². The lowest BCUT2D eigenvalue weighted by atomic mass is 9.77. The van der Waals surface area contributed by atoms with Crippen molar-refractivity contribution in [3.05, 3.63) is 0 Å². The minimum absolute atomic E-state index is 0.198. The highest BCUT2D eigenvalue weighted by molar-refractivity contribution is 7.80. The lowest BCUT2D eigenvalue weighted by molar-refractivity contribution is 0.0286. The van der Waals surface area contributed by atoms with Gasteiger partial charge < -0.3 is 10.6 Å². The molecule has 17 heavy (non-hydrogen) atoms. The van der Waals surface area contributed by atoms with Gasteiger partial charge in [0, 0.05) is 24.5 Å². The number of piperidine rings is 2. The van der Waals surface area contributed by atoms with Crippen LogP contribution in [0.2, 0.25) is 0 Å². The molecule has 3 fully saturated rings. The van der Waals surface area contributed by atoms with Gasteiger partial charge in [-0.1, -0.05) is 0 Å². The van der Waals surface area contributed by atoms with Crippen LogP contribution in [0.5, 0.6) is 0 Å². The Kier molecular flexibility index (Phi) is 3.28. The van der Waals surface area contributed by atoms with Gasteiger partial charge in [-0.25, -0.2) is 4.21 Å². The van der Waals surface area contributed by atoms with Gasteiger partial charge >= 0.3 is 0 Å². The molecular weight excluding hydrogens is 236 g/mol. The predicted molar refractivity (Wildman–Crippen MR) is 67.9 cm³/mol. The van der Waals surface area contributed by atoms with Gasteiger partial charge in [0.1, 0.15) is 0 Å². The maximum absolute atomic E-state index is 12.2. The summed E-state index contributed by atoms with van der Waals surface area (Å²) in [6.07, 6.45) is 2.18. The largest absolute Gasteiger partial charge is 0.314 e. The third-order valence-corrected chi connectivity index (χ3v) is 6.02. The van der Waals surface area contributed by atoms with E-state index in [1.165, 1.54) is 0 Å². The second-order valence-electron chi connectivity index (χ2n) is 5.85. The van der Waals surface area contributed by atoms with Crippen LogP contribution in [-0.2, 0) is 15.3 Å². The molecule has 0 spiro atoms. The molecule has 0 aromatic carbocycles. The van der Waals surface area contributed by atoms with E-state index >= 15 is 0 Å². The molecule has 7 unspecified atom stereocenters. The summed E-state index contributed by atoms with van der Waals surface area (Å²) in [5, 5.41) is 7.30. The monoisotopic (exact) mass is 258 g/mol. The van der Waals surface area contributed by atoms with Gasteiger partial charge in [-0.15, -0.1) is 0 Å². The van der Waals surface area contributed by atoms with E-state index in [4.69, 9.17) is 4.18 Å². The average molecular weight is 258 g/mol. The van der Waals surface area contributed by atoms with Crippen molar-refractivity contribution in [1.82, 2.24) is 10.6 Å². The Hall–Kier alpha value is 0.0300. The lowest BCUT2D eigenvalue weighted by Crippen LogP contribution is -2.61. The minimum Gasteiger partial charge on any atom is -0.314 e. The first kappa shape index (κ1) is 12.1. The van der Waals surface area contributed by atoms with Crippen LogP contribution in [-0.4, -0.2) is 40.7 Å². The van der Waals surface area contributed by atoms with Crippen LogP contribution in [0.1, 0.15) is 26.7 Å². The molecule has 4 nitrogen and oxygen atoms in total. The Balaban J connectivity index is 1.79. The quantitative estimate of drug-likeness (QED) is 0.661. The fraction of sp³-hybridized carbons (Fsp3) is 1.00. The van der Waals surface area contributed by atoms with Gasteiger partial charge in [0.25, 0.3) is 0 Å². The van der Waals surface area contributed by atoms with Crippen molar-refractivity contribution in [2.24, 2.45) is 11.8 Å².